The number of aryl methyl sites for hydroxylation is 4. The maximum absolute atomic E-state index is 5.80. The summed E-state index contributed by atoms with van der Waals surface area (Å²) in [7, 11) is 0. The first kappa shape index (κ1) is 10.7. The summed E-state index contributed by atoms with van der Waals surface area (Å²) in [6.45, 7) is 4.98. The first-order valence-electron chi connectivity index (χ1n) is 5.50. The Balaban J connectivity index is 2.08. The van der Waals surface area contributed by atoms with Gasteiger partial charge in [0.15, 0.2) is 5.95 Å². The molecule has 0 radical (unpaired) electrons. The smallest absolute Gasteiger partial charge is 0.200 e. The van der Waals surface area contributed by atoms with E-state index < -0.39 is 0 Å². The number of nitrogens with zero attached hydrogens (tertiary/aromatic N) is 2. The van der Waals surface area contributed by atoms with Gasteiger partial charge in [0.25, 0.3) is 0 Å². The monoisotopic (exact) mass is 215 g/mol. The fraction of sp³-hybridized carbons (Fsp3) is 0.308. The van der Waals surface area contributed by atoms with E-state index in [2.05, 4.69) is 36.2 Å². The van der Waals surface area contributed by atoms with Crippen molar-refractivity contribution in [2.24, 2.45) is 0 Å². The van der Waals surface area contributed by atoms with E-state index in [1.165, 1.54) is 11.1 Å². The minimum atomic E-state index is 0.603. The lowest BCUT2D eigenvalue weighted by Gasteiger charge is -2.07. The van der Waals surface area contributed by atoms with Crippen LogP contribution in [-0.2, 0) is 13.0 Å². The lowest BCUT2D eigenvalue weighted by atomic mass is 10.1. The Labute approximate surface area is 95.9 Å². The summed E-state index contributed by atoms with van der Waals surface area (Å²) in [6, 6.07) is 8.44. The van der Waals surface area contributed by atoms with Gasteiger partial charge in [-0.05, 0) is 31.4 Å². The van der Waals surface area contributed by atoms with Gasteiger partial charge in [-0.15, -0.1) is 0 Å². The molecule has 16 heavy (non-hydrogen) atoms. The zero-order chi connectivity index (χ0) is 11.5. The molecule has 0 atom stereocenters. The van der Waals surface area contributed by atoms with Gasteiger partial charge in [-0.1, -0.05) is 24.3 Å². The maximum Gasteiger partial charge on any atom is 0.200 e. The predicted molar refractivity (Wildman–Crippen MR) is 66.3 cm³/mol. The van der Waals surface area contributed by atoms with Gasteiger partial charge in [0.05, 0.1) is 5.69 Å². The van der Waals surface area contributed by atoms with E-state index in [9.17, 15) is 0 Å². The van der Waals surface area contributed by atoms with E-state index >= 15 is 0 Å². The quantitative estimate of drug-likeness (QED) is 0.854. The third-order valence-corrected chi connectivity index (χ3v) is 2.81. The standard InChI is InChI=1S/C13H17N3/c1-10-5-3-4-6-12(10)7-8-16-9-11(2)15-13(16)14/h3-6,9H,7-8H2,1-2H3,(H2,14,15). The number of nitrogen functional groups attached to an aromatic ring is 1. The molecular formula is C13H17N3. The number of nitrogens with two attached hydrogens (primary N) is 1. The Bertz CT molecular complexity index is 486. The molecule has 0 unspecified atom stereocenters. The molecular weight excluding hydrogens is 198 g/mol. The number of rotatable bonds is 3. The van der Waals surface area contributed by atoms with Crippen LogP contribution in [0.2, 0.25) is 0 Å². The van der Waals surface area contributed by atoms with Crippen LogP contribution in [0.3, 0.4) is 0 Å². The van der Waals surface area contributed by atoms with Gasteiger partial charge in [0.1, 0.15) is 0 Å². The molecule has 0 saturated carbocycles. The molecule has 0 saturated heterocycles. The van der Waals surface area contributed by atoms with Gasteiger partial charge < -0.3 is 10.3 Å². The minimum absolute atomic E-state index is 0.603. The molecule has 1 aromatic carbocycles. The summed E-state index contributed by atoms with van der Waals surface area (Å²) in [6.07, 6.45) is 2.99. The predicted octanol–water partition coefficient (Wildman–Crippen LogP) is 2.32. The van der Waals surface area contributed by atoms with E-state index in [1.54, 1.807) is 0 Å². The Morgan fingerprint density at radius 3 is 2.62 bits per heavy atom. The van der Waals surface area contributed by atoms with Crippen molar-refractivity contribution in [2.75, 3.05) is 5.73 Å². The number of hydrogen-bond donors (Lipinski definition) is 1. The largest absolute Gasteiger partial charge is 0.369 e. The highest BCUT2D eigenvalue weighted by Gasteiger charge is 2.02. The molecule has 2 aromatic rings. The second kappa shape index (κ2) is 4.39. The van der Waals surface area contributed by atoms with E-state index in [0.29, 0.717) is 5.95 Å². The Hall–Kier alpha value is -1.77. The van der Waals surface area contributed by atoms with Crippen LogP contribution in [0.1, 0.15) is 16.8 Å². The van der Waals surface area contributed by atoms with Crippen molar-refractivity contribution in [3.63, 3.8) is 0 Å². The van der Waals surface area contributed by atoms with Crippen molar-refractivity contribution >= 4 is 5.95 Å². The fourth-order valence-corrected chi connectivity index (χ4v) is 1.88. The summed E-state index contributed by atoms with van der Waals surface area (Å²) < 4.78 is 2.00. The van der Waals surface area contributed by atoms with Crippen LogP contribution < -0.4 is 5.73 Å². The number of imidazole rings is 1. The molecule has 0 spiro atoms. The van der Waals surface area contributed by atoms with Gasteiger partial charge in [-0.2, -0.15) is 0 Å². The van der Waals surface area contributed by atoms with E-state index in [-0.39, 0.29) is 0 Å². The van der Waals surface area contributed by atoms with Gasteiger partial charge >= 0.3 is 0 Å². The topological polar surface area (TPSA) is 43.8 Å². The number of hydrogen-bond acceptors (Lipinski definition) is 2. The third-order valence-electron chi connectivity index (χ3n) is 2.81. The maximum atomic E-state index is 5.80. The van der Waals surface area contributed by atoms with Crippen LogP contribution >= 0.6 is 0 Å². The van der Waals surface area contributed by atoms with Crippen LogP contribution in [0, 0.1) is 13.8 Å². The molecule has 2 N–H and O–H groups in total. The molecule has 3 heteroatoms. The first-order valence-corrected chi connectivity index (χ1v) is 5.50. The zero-order valence-electron chi connectivity index (χ0n) is 9.77. The highest BCUT2D eigenvalue weighted by molar-refractivity contribution is 5.26. The molecule has 0 bridgehead atoms. The minimum Gasteiger partial charge on any atom is -0.369 e. The van der Waals surface area contributed by atoms with Crippen molar-refractivity contribution in [3.05, 3.63) is 47.3 Å². The Kier molecular flexibility index (Phi) is 2.95. The zero-order valence-corrected chi connectivity index (χ0v) is 9.77. The van der Waals surface area contributed by atoms with E-state index in [0.717, 1.165) is 18.7 Å². The van der Waals surface area contributed by atoms with Crippen LogP contribution in [0.4, 0.5) is 5.95 Å². The van der Waals surface area contributed by atoms with Gasteiger partial charge in [-0.3, -0.25) is 0 Å². The fourth-order valence-electron chi connectivity index (χ4n) is 1.88. The average molecular weight is 215 g/mol. The van der Waals surface area contributed by atoms with Crippen molar-refractivity contribution in [1.29, 1.82) is 0 Å². The van der Waals surface area contributed by atoms with Crippen molar-refractivity contribution in [2.45, 2.75) is 26.8 Å². The van der Waals surface area contributed by atoms with Gasteiger partial charge in [0.2, 0.25) is 0 Å². The number of anilines is 1. The summed E-state index contributed by atoms with van der Waals surface area (Å²) in [5.74, 6) is 0.603. The van der Waals surface area contributed by atoms with Crippen LogP contribution in [-0.4, -0.2) is 9.55 Å². The average Bonchev–Trinajstić information content (AvgIpc) is 2.56. The molecule has 1 heterocycles. The normalized spacial score (nSPS) is 10.6. The molecule has 0 amide bonds. The van der Waals surface area contributed by atoms with E-state index in [4.69, 9.17) is 5.73 Å². The highest BCUT2D eigenvalue weighted by Crippen LogP contribution is 2.11. The van der Waals surface area contributed by atoms with Gasteiger partial charge in [-0.25, -0.2) is 4.98 Å². The molecule has 1 aromatic heterocycles. The van der Waals surface area contributed by atoms with Crippen molar-refractivity contribution in [3.8, 4) is 0 Å². The second-order valence-corrected chi connectivity index (χ2v) is 4.11. The van der Waals surface area contributed by atoms with E-state index in [1.807, 2.05) is 17.7 Å². The summed E-state index contributed by atoms with van der Waals surface area (Å²) in [5, 5.41) is 0. The Morgan fingerprint density at radius 1 is 1.25 bits per heavy atom. The summed E-state index contributed by atoms with van der Waals surface area (Å²) in [4.78, 5) is 4.19. The van der Waals surface area contributed by atoms with Crippen LogP contribution in [0.25, 0.3) is 0 Å². The molecule has 3 nitrogen and oxygen atoms in total. The molecule has 2 rings (SSSR count). The number of benzene rings is 1. The molecule has 84 valence electrons. The lowest BCUT2D eigenvalue weighted by molar-refractivity contribution is 0.703. The summed E-state index contributed by atoms with van der Waals surface area (Å²) >= 11 is 0. The van der Waals surface area contributed by atoms with Gasteiger partial charge in [0, 0.05) is 12.7 Å². The molecule has 0 aliphatic carbocycles. The lowest BCUT2D eigenvalue weighted by Crippen LogP contribution is -2.05. The summed E-state index contributed by atoms with van der Waals surface area (Å²) in [5.41, 5.74) is 9.47. The highest BCUT2D eigenvalue weighted by atomic mass is 15.1. The van der Waals surface area contributed by atoms with Crippen molar-refractivity contribution in [1.82, 2.24) is 9.55 Å². The second-order valence-electron chi connectivity index (χ2n) is 4.11. The first-order chi connectivity index (χ1) is 7.66. The molecule has 0 aliphatic heterocycles. The SMILES string of the molecule is Cc1cn(CCc2ccccc2C)c(N)n1. The third kappa shape index (κ3) is 2.24. The number of aromatic nitrogens is 2. The van der Waals surface area contributed by atoms with Crippen LogP contribution in [0.5, 0.6) is 0 Å². The van der Waals surface area contributed by atoms with Crippen LogP contribution in [0.15, 0.2) is 30.5 Å². The van der Waals surface area contributed by atoms with Crippen molar-refractivity contribution < 1.29 is 0 Å². The molecule has 0 fully saturated rings. The molecule has 0 aliphatic rings. The Morgan fingerprint density at radius 2 is 2.00 bits per heavy atom.